The number of ether oxygens (including phenoxy) is 2. The van der Waals surface area contributed by atoms with Crippen molar-refractivity contribution in [3.05, 3.63) is 85.8 Å². The van der Waals surface area contributed by atoms with Crippen LogP contribution in [0.25, 0.3) is 11.3 Å². The van der Waals surface area contributed by atoms with E-state index in [4.69, 9.17) is 37.7 Å². The molecule has 0 saturated heterocycles. The molecule has 9 heteroatoms. The molecule has 1 aliphatic rings. The monoisotopic (exact) mass is 530 g/mol. The number of carbonyl (C=O) groups excluding carboxylic acids is 2. The second-order valence-corrected chi connectivity index (χ2v) is 10.1. The molecule has 0 saturated carbocycles. The van der Waals surface area contributed by atoms with E-state index in [1.54, 1.807) is 19.1 Å². The number of methoxy groups -OCH3 is 2. The van der Waals surface area contributed by atoms with Crippen LogP contribution in [0.5, 0.6) is 0 Å². The van der Waals surface area contributed by atoms with Gasteiger partial charge in [-0.1, -0.05) is 59.6 Å². The third kappa shape index (κ3) is 4.56. The minimum absolute atomic E-state index is 0.339. The quantitative estimate of drug-likeness (QED) is 0.410. The van der Waals surface area contributed by atoms with Gasteiger partial charge in [-0.3, -0.25) is 4.79 Å². The highest BCUT2D eigenvalue weighted by Crippen LogP contribution is 2.49. The molecule has 0 spiro atoms. The molecule has 0 radical (unpaired) electrons. The van der Waals surface area contributed by atoms with Crippen LogP contribution in [0, 0.1) is 5.92 Å². The number of nitrogens with zero attached hydrogens (tertiary/aromatic N) is 1. The summed E-state index contributed by atoms with van der Waals surface area (Å²) in [4.78, 5) is 31.2. The number of allylic oxidation sites excluding steroid dienone is 1. The Kier molecular flexibility index (Phi) is 7.22. The molecule has 3 aromatic rings. The van der Waals surface area contributed by atoms with Crippen LogP contribution in [0.4, 0.5) is 0 Å². The van der Waals surface area contributed by atoms with Crippen LogP contribution >= 0.6 is 34.5 Å². The minimum Gasteiger partial charge on any atom is -0.469 e. The van der Waals surface area contributed by atoms with Gasteiger partial charge in [0.1, 0.15) is 5.01 Å². The Morgan fingerprint density at radius 2 is 1.77 bits per heavy atom. The molecule has 3 atom stereocenters. The Morgan fingerprint density at radius 3 is 2.40 bits per heavy atom. The predicted octanol–water partition coefficient (Wildman–Crippen LogP) is 5.96. The predicted molar refractivity (Wildman–Crippen MR) is 137 cm³/mol. The topological polar surface area (TPSA) is 77.5 Å². The summed E-state index contributed by atoms with van der Waals surface area (Å²) in [6.45, 7) is 3.74. The first kappa shape index (κ1) is 25.2. The molecular weight excluding hydrogens is 507 g/mol. The number of thiazole rings is 1. The van der Waals surface area contributed by atoms with E-state index in [1.807, 2.05) is 48.7 Å². The number of rotatable bonds is 5. The van der Waals surface area contributed by atoms with Crippen molar-refractivity contribution in [2.75, 3.05) is 14.2 Å². The normalized spacial score (nSPS) is 21.9. The molecule has 3 unspecified atom stereocenters. The molecule has 182 valence electrons. The smallest absolute Gasteiger partial charge is 0.336 e. The summed E-state index contributed by atoms with van der Waals surface area (Å²) in [7, 11) is 2.66. The van der Waals surface area contributed by atoms with Gasteiger partial charge in [-0.2, -0.15) is 0 Å². The van der Waals surface area contributed by atoms with Crippen LogP contribution in [0.1, 0.15) is 30.3 Å². The van der Waals surface area contributed by atoms with E-state index >= 15 is 0 Å². The largest absolute Gasteiger partial charge is 0.469 e. The van der Waals surface area contributed by atoms with Gasteiger partial charge >= 0.3 is 11.9 Å². The van der Waals surface area contributed by atoms with E-state index in [1.165, 1.54) is 25.6 Å². The van der Waals surface area contributed by atoms with Gasteiger partial charge in [-0.15, -0.1) is 11.3 Å². The number of benzene rings is 2. The summed E-state index contributed by atoms with van der Waals surface area (Å²) in [6, 6.07) is 14.9. The lowest BCUT2D eigenvalue weighted by molar-refractivity contribution is -0.150. The van der Waals surface area contributed by atoms with Crippen molar-refractivity contribution in [3.63, 3.8) is 0 Å². The number of hydrogen-bond donors (Lipinski definition) is 1. The second-order valence-electron chi connectivity index (χ2n) is 8.40. The Hall–Kier alpha value is -2.87. The van der Waals surface area contributed by atoms with Gasteiger partial charge in [0.15, 0.2) is 0 Å². The lowest BCUT2D eigenvalue weighted by Gasteiger charge is -2.46. The zero-order chi connectivity index (χ0) is 25.3. The van der Waals surface area contributed by atoms with Crippen LogP contribution in [-0.2, 0) is 24.6 Å². The van der Waals surface area contributed by atoms with Gasteiger partial charge in [0.25, 0.3) is 0 Å². The summed E-state index contributed by atoms with van der Waals surface area (Å²) < 4.78 is 10.4. The second kappa shape index (κ2) is 10.0. The van der Waals surface area contributed by atoms with Crippen LogP contribution in [0.2, 0.25) is 10.0 Å². The van der Waals surface area contributed by atoms with Crippen molar-refractivity contribution in [1.29, 1.82) is 0 Å². The molecular formula is C26H24Cl2N2O4S. The molecule has 6 nitrogen and oxygen atoms in total. The molecule has 0 aliphatic carbocycles. The minimum atomic E-state index is -0.879. The maximum Gasteiger partial charge on any atom is 0.336 e. The van der Waals surface area contributed by atoms with Crippen LogP contribution in [0.3, 0.4) is 0 Å². The van der Waals surface area contributed by atoms with E-state index in [9.17, 15) is 9.59 Å². The zero-order valence-electron chi connectivity index (χ0n) is 19.6. The summed E-state index contributed by atoms with van der Waals surface area (Å²) >= 11 is 13.6. The van der Waals surface area contributed by atoms with Crippen LogP contribution in [0.15, 0.2) is 65.2 Å². The van der Waals surface area contributed by atoms with Gasteiger partial charge < -0.3 is 14.8 Å². The summed E-state index contributed by atoms with van der Waals surface area (Å²) in [5, 5.41) is 6.73. The molecule has 35 heavy (non-hydrogen) atoms. The molecule has 1 N–H and O–H groups in total. The number of halogens is 2. The van der Waals surface area contributed by atoms with E-state index in [0.717, 1.165) is 11.1 Å². The maximum atomic E-state index is 13.4. The fourth-order valence-electron chi connectivity index (χ4n) is 4.68. The number of aromatic nitrogens is 1. The van der Waals surface area contributed by atoms with Crippen molar-refractivity contribution in [2.24, 2.45) is 5.92 Å². The van der Waals surface area contributed by atoms with Crippen molar-refractivity contribution < 1.29 is 19.1 Å². The number of esters is 2. The first-order valence-electron chi connectivity index (χ1n) is 10.8. The molecule has 2 heterocycles. The third-order valence-electron chi connectivity index (χ3n) is 6.35. The van der Waals surface area contributed by atoms with Crippen molar-refractivity contribution in [1.82, 2.24) is 10.3 Å². The van der Waals surface area contributed by atoms with E-state index in [2.05, 4.69) is 5.32 Å². The van der Waals surface area contributed by atoms with Crippen molar-refractivity contribution >= 4 is 46.5 Å². The Bertz CT molecular complexity index is 1310. The molecule has 0 amide bonds. The molecule has 1 aromatic heterocycles. The molecule has 1 aliphatic heterocycles. The number of carbonyl (C=O) groups is 2. The fraction of sp³-hybridized carbons (Fsp3) is 0.269. The lowest BCUT2D eigenvalue weighted by Crippen LogP contribution is -2.55. The van der Waals surface area contributed by atoms with Crippen molar-refractivity contribution in [3.8, 4) is 11.3 Å². The summed E-state index contributed by atoms with van der Waals surface area (Å²) in [5.41, 5.74) is 2.39. The number of nitrogens with one attached hydrogen (secondary N) is 1. The maximum absolute atomic E-state index is 13.4. The first-order valence-corrected chi connectivity index (χ1v) is 12.5. The van der Waals surface area contributed by atoms with Gasteiger partial charge in [0.05, 0.1) is 52.9 Å². The highest BCUT2D eigenvalue weighted by Gasteiger charge is 2.54. The SMILES string of the molecule is COC(=O)C1=C(C)NC(C)(c2ccccc2)C(C(=O)OC)C1c1nc(-c2ccc(Cl)c(Cl)c2)cs1. The molecule has 0 fully saturated rings. The van der Waals surface area contributed by atoms with Gasteiger partial charge in [0, 0.05) is 16.6 Å². The first-order chi connectivity index (χ1) is 16.7. The average Bonchev–Trinajstić information content (AvgIpc) is 3.35. The number of hydrogen-bond acceptors (Lipinski definition) is 7. The summed E-state index contributed by atoms with van der Waals surface area (Å²) in [6.07, 6.45) is 0. The average molecular weight is 531 g/mol. The standard InChI is InChI=1S/C26H24Cl2N2O4S/c1-14-20(24(31)33-3)21(23-29-19(13-35-23)15-10-11-17(27)18(28)12-15)22(25(32)34-4)26(2,30-14)16-8-6-5-7-9-16/h5-13,21-22,30H,1-4H3. The Morgan fingerprint density at radius 1 is 1.06 bits per heavy atom. The third-order valence-corrected chi connectivity index (χ3v) is 8.02. The van der Waals surface area contributed by atoms with Crippen LogP contribution < -0.4 is 5.32 Å². The highest BCUT2D eigenvalue weighted by molar-refractivity contribution is 7.10. The Balaban J connectivity index is 1.92. The summed E-state index contributed by atoms with van der Waals surface area (Å²) in [5.74, 6) is -2.51. The molecule has 0 bridgehead atoms. The molecule has 2 aromatic carbocycles. The van der Waals surface area contributed by atoms with E-state index < -0.39 is 29.3 Å². The van der Waals surface area contributed by atoms with E-state index in [0.29, 0.717) is 32.0 Å². The van der Waals surface area contributed by atoms with Gasteiger partial charge in [0.2, 0.25) is 0 Å². The van der Waals surface area contributed by atoms with Crippen LogP contribution in [-0.4, -0.2) is 31.1 Å². The fourth-order valence-corrected chi connectivity index (χ4v) is 5.95. The lowest BCUT2D eigenvalue weighted by atomic mass is 9.67. The zero-order valence-corrected chi connectivity index (χ0v) is 21.9. The van der Waals surface area contributed by atoms with E-state index in [-0.39, 0.29) is 0 Å². The molecule has 4 rings (SSSR count). The Labute approximate surface area is 217 Å². The van der Waals surface area contributed by atoms with Crippen molar-refractivity contribution in [2.45, 2.75) is 25.3 Å². The van der Waals surface area contributed by atoms with Gasteiger partial charge in [-0.05, 0) is 31.5 Å². The highest BCUT2D eigenvalue weighted by atomic mass is 35.5. The van der Waals surface area contributed by atoms with Gasteiger partial charge in [-0.25, -0.2) is 9.78 Å².